The minimum atomic E-state index is -0.241. The molecule has 1 aromatic heterocycles. The molecule has 0 aliphatic carbocycles. The normalized spacial score (nSPS) is 10.2. The molecule has 0 atom stereocenters. The molecule has 0 fully saturated rings. The lowest BCUT2D eigenvalue weighted by Gasteiger charge is -2.20. The van der Waals surface area contributed by atoms with E-state index in [1.165, 1.54) is 12.1 Å². The number of anilines is 2. The smallest absolute Gasteiger partial charge is 0.125 e. The number of pyridine rings is 1. The van der Waals surface area contributed by atoms with Crippen LogP contribution in [0, 0.1) is 5.82 Å². The summed E-state index contributed by atoms with van der Waals surface area (Å²) in [5.74, 6) is -0.241. The van der Waals surface area contributed by atoms with Gasteiger partial charge in [-0.2, -0.15) is 0 Å². The quantitative estimate of drug-likeness (QED) is 0.833. The van der Waals surface area contributed by atoms with E-state index in [1.807, 2.05) is 24.1 Å². The predicted molar refractivity (Wildman–Crippen MR) is 66.4 cm³/mol. The van der Waals surface area contributed by atoms with Crippen LogP contribution in [-0.2, 0) is 0 Å². The molecule has 0 aliphatic rings. The van der Waals surface area contributed by atoms with Crippen molar-refractivity contribution in [2.24, 2.45) is 0 Å². The van der Waals surface area contributed by atoms with Crippen LogP contribution >= 0.6 is 15.9 Å². The van der Waals surface area contributed by atoms with Gasteiger partial charge in [-0.1, -0.05) is 6.07 Å². The minimum Gasteiger partial charge on any atom is -0.344 e. The second-order valence-electron chi connectivity index (χ2n) is 3.37. The third-order valence-electron chi connectivity index (χ3n) is 2.31. The van der Waals surface area contributed by atoms with Gasteiger partial charge in [-0.05, 0) is 40.2 Å². The summed E-state index contributed by atoms with van der Waals surface area (Å²) in [6.45, 7) is 0. The number of aromatic nitrogens is 1. The van der Waals surface area contributed by atoms with Crippen molar-refractivity contribution in [3.63, 3.8) is 0 Å². The van der Waals surface area contributed by atoms with Crippen LogP contribution in [0.2, 0.25) is 0 Å². The highest BCUT2D eigenvalue weighted by molar-refractivity contribution is 9.10. The van der Waals surface area contributed by atoms with Crippen molar-refractivity contribution in [2.75, 3.05) is 11.9 Å². The zero-order chi connectivity index (χ0) is 11.5. The first-order chi connectivity index (χ1) is 7.68. The molecule has 0 spiro atoms. The van der Waals surface area contributed by atoms with Gasteiger partial charge in [0.15, 0.2) is 0 Å². The topological polar surface area (TPSA) is 16.1 Å². The van der Waals surface area contributed by atoms with Crippen LogP contribution < -0.4 is 4.90 Å². The highest BCUT2D eigenvalue weighted by Crippen LogP contribution is 2.29. The van der Waals surface area contributed by atoms with E-state index in [1.54, 1.807) is 18.5 Å². The molecule has 2 aromatic rings. The van der Waals surface area contributed by atoms with Crippen molar-refractivity contribution in [1.29, 1.82) is 0 Å². The Balaban J connectivity index is 2.39. The molecule has 0 amide bonds. The van der Waals surface area contributed by atoms with Crippen LogP contribution in [0.1, 0.15) is 0 Å². The summed E-state index contributed by atoms with van der Waals surface area (Å²) < 4.78 is 14.0. The van der Waals surface area contributed by atoms with E-state index in [-0.39, 0.29) is 5.82 Å². The maximum Gasteiger partial charge on any atom is 0.125 e. The molecular weight excluding hydrogens is 271 g/mol. The average Bonchev–Trinajstić information content (AvgIpc) is 2.29. The summed E-state index contributed by atoms with van der Waals surface area (Å²) in [6.07, 6.45) is 3.42. The summed E-state index contributed by atoms with van der Waals surface area (Å²) in [6, 6.07) is 8.34. The third-order valence-corrected chi connectivity index (χ3v) is 2.92. The second kappa shape index (κ2) is 4.61. The fraction of sp³-hybridized carbons (Fsp3) is 0.0833. The van der Waals surface area contributed by atoms with Gasteiger partial charge < -0.3 is 4.90 Å². The van der Waals surface area contributed by atoms with Gasteiger partial charge in [-0.15, -0.1) is 0 Å². The Hall–Kier alpha value is -1.42. The van der Waals surface area contributed by atoms with Gasteiger partial charge in [0, 0.05) is 25.1 Å². The molecule has 1 aromatic carbocycles. The van der Waals surface area contributed by atoms with E-state index in [4.69, 9.17) is 0 Å². The Morgan fingerprint density at radius 1 is 1.31 bits per heavy atom. The zero-order valence-electron chi connectivity index (χ0n) is 8.69. The van der Waals surface area contributed by atoms with Gasteiger partial charge >= 0.3 is 0 Å². The summed E-state index contributed by atoms with van der Waals surface area (Å²) in [7, 11) is 1.88. The summed E-state index contributed by atoms with van der Waals surface area (Å²) in [5.41, 5.74) is 1.74. The van der Waals surface area contributed by atoms with E-state index in [0.717, 1.165) is 15.8 Å². The first-order valence-corrected chi connectivity index (χ1v) is 5.56. The lowest BCUT2D eigenvalue weighted by Crippen LogP contribution is -2.10. The van der Waals surface area contributed by atoms with Crippen molar-refractivity contribution in [3.05, 3.63) is 53.0 Å². The predicted octanol–water partition coefficient (Wildman–Crippen LogP) is 3.75. The maximum atomic E-state index is 13.1. The van der Waals surface area contributed by atoms with E-state index in [9.17, 15) is 4.39 Å². The molecule has 2 nitrogen and oxygen atoms in total. The zero-order valence-corrected chi connectivity index (χ0v) is 10.3. The van der Waals surface area contributed by atoms with Crippen LogP contribution in [-0.4, -0.2) is 12.0 Å². The molecule has 82 valence electrons. The average molecular weight is 281 g/mol. The molecule has 0 radical (unpaired) electrons. The van der Waals surface area contributed by atoms with Crippen LogP contribution in [0.15, 0.2) is 47.2 Å². The number of nitrogens with zero attached hydrogens (tertiary/aromatic N) is 2. The Kier molecular flexibility index (Phi) is 3.19. The van der Waals surface area contributed by atoms with Crippen LogP contribution in [0.5, 0.6) is 0 Å². The van der Waals surface area contributed by atoms with Crippen molar-refractivity contribution in [3.8, 4) is 0 Å². The molecule has 0 N–H and O–H groups in total. The number of rotatable bonds is 2. The SMILES string of the molecule is CN(c1cccc(F)c1)c1ccncc1Br. The maximum absolute atomic E-state index is 13.1. The van der Waals surface area contributed by atoms with Crippen molar-refractivity contribution < 1.29 is 4.39 Å². The molecule has 0 aliphatic heterocycles. The highest BCUT2D eigenvalue weighted by Gasteiger charge is 2.07. The third kappa shape index (κ3) is 2.22. The van der Waals surface area contributed by atoms with Gasteiger partial charge in [0.1, 0.15) is 5.82 Å². The summed E-state index contributed by atoms with van der Waals surface area (Å²) >= 11 is 3.41. The van der Waals surface area contributed by atoms with E-state index in [0.29, 0.717) is 0 Å². The fourth-order valence-electron chi connectivity index (χ4n) is 1.46. The molecule has 0 saturated carbocycles. The number of hydrogen-bond acceptors (Lipinski definition) is 2. The Morgan fingerprint density at radius 2 is 2.12 bits per heavy atom. The van der Waals surface area contributed by atoms with Crippen molar-refractivity contribution in [1.82, 2.24) is 4.98 Å². The van der Waals surface area contributed by atoms with Gasteiger partial charge in [0.2, 0.25) is 0 Å². The van der Waals surface area contributed by atoms with Gasteiger partial charge in [-0.25, -0.2) is 4.39 Å². The van der Waals surface area contributed by atoms with Crippen LogP contribution in [0.25, 0.3) is 0 Å². The van der Waals surface area contributed by atoms with Crippen LogP contribution in [0.3, 0.4) is 0 Å². The first kappa shape index (κ1) is 11.1. The van der Waals surface area contributed by atoms with E-state index >= 15 is 0 Å². The molecule has 0 bridgehead atoms. The molecule has 0 unspecified atom stereocenters. The molecular formula is C12H10BrFN2. The standard InChI is InChI=1S/C12H10BrFN2/c1-16(10-4-2-3-9(14)7-10)12-5-6-15-8-11(12)13/h2-8H,1H3. The molecule has 2 rings (SSSR count). The van der Waals surface area contributed by atoms with E-state index in [2.05, 4.69) is 20.9 Å². The molecule has 1 heterocycles. The Bertz CT molecular complexity index is 502. The van der Waals surface area contributed by atoms with Crippen molar-refractivity contribution in [2.45, 2.75) is 0 Å². The second-order valence-corrected chi connectivity index (χ2v) is 4.22. The monoisotopic (exact) mass is 280 g/mol. The minimum absolute atomic E-state index is 0.241. The first-order valence-electron chi connectivity index (χ1n) is 4.77. The summed E-state index contributed by atoms with van der Waals surface area (Å²) in [5, 5.41) is 0. The lowest BCUT2D eigenvalue weighted by molar-refractivity contribution is 0.628. The molecule has 0 saturated heterocycles. The van der Waals surface area contributed by atoms with Crippen LogP contribution in [0.4, 0.5) is 15.8 Å². The number of benzene rings is 1. The summed E-state index contributed by atoms with van der Waals surface area (Å²) in [4.78, 5) is 5.89. The Labute approximate surface area is 102 Å². The van der Waals surface area contributed by atoms with Crippen molar-refractivity contribution >= 4 is 27.3 Å². The van der Waals surface area contributed by atoms with Gasteiger partial charge in [0.05, 0.1) is 10.2 Å². The fourth-order valence-corrected chi connectivity index (χ4v) is 1.98. The number of hydrogen-bond donors (Lipinski definition) is 0. The largest absolute Gasteiger partial charge is 0.344 e. The van der Waals surface area contributed by atoms with E-state index < -0.39 is 0 Å². The number of halogens is 2. The Morgan fingerprint density at radius 3 is 2.81 bits per heavy atom. The molecule has 16 heavy (non-hydrogen) atoms. The van der Waals surface area contributed by atoms with Gasteiger partial charge in [-0.3, -0.25) is 4.98 Å². The molecule has 4 heteroatoms. The highest BCUT2D eigenvalue weighted by atomic mass is 79.9. The lowest BCUT2D eigenvalue weighted by atomic mass is 10.2. The van der Waals surface area contributed by atoms with Gasteiger partial charge in [0.25, 0.3) is 0 Å².